The molecule has 0 atom stereocenters. The van der Waals surface area contributed by atoms with E-state index >= 15 is 0 Å². The van der Waals surface area contributed by atoms with Crippen LogP contribution < -0.4 is 0 Å². The predicted molar refractivity (Wildman–Crippen MR) is 59.3 cm³/mol. The first-order chi connectivity index (χ1) is 8.04. The number of thioether (sulfide) groups is 1. The molecule has 0 amide bonds. The molecule has 0 bridgehead atoms. The number of alkyl halides is 2. The summed E-state index contributed by atoms with van der Waals surface area (Å²) in [4.78, 5) is 22.9. The number of hydrogen-bond acceptors (Lipinski definition) is 4. The second-order valence-electron chi connectivity index (χ2n) is 2.95. The van der Waals surface area contributed by atoms with Crippen molar-refractivity contribution in [2.45, 2.75) is 17.6 Å². The van der Waals surface area contributed by atoms with E-state index in [4.69, 9.17) is 0 Å². The normalized spacial score (nSPS) is 10.4. The van der Waals surface area contributed by atoms with Gasteiger partial charge in [0.1, 0.15) is 0 Å². The lowest BCUT2D eigenvalue weighted by Crippen LogP contribution is -2.17. The van der Waals surface area contributed by atoms with Crippen LogP contribution in [0.1, 0.15) is 17.3 Å². The fourth-order valence-electron chi connectivity index (χ4n) is 1.10. The summed E-state index contributed by atoms with van der Waals surface area (Å²) in [5.74, 6) is -4.23. The molecule has 1 aromatic rings. The minimum absolute atomic E-state index is 0.115. The highest BCUT2D eigenvalue weighted by atomic mass is 32.2. The lowest BCUT2D eigenvalue weighted by molar-refractivity contribution is -0.137. The zero-order valence-corrected chi connectivity index (χ0v) is 9.80. The van der Waals surface area contributed by atoms with Crippen LogP contribution in [0, 0.1) is 0 Å². The fourth-order valence-corrected chi connectivity index (χ4v) is 1.60. The van der Waals surface area contributed by atoms with E-state index in [1.54, 1.807) is 6.92 Å². The summed E-state index contributed by atoms with van der Waals surface area (Å²) in [5, 5.41) is 0. The third kappa shape index (κ3) is 4.14. The number of carbonyl (C=O) groups excluding carboxylic acids is 2. The van der Waals surface area contributed by atoms with Crippen molar-refractivity contribution in [3.8, 4) is 0 Å². The average molecular weight is 260 g/mol. The molecule has 6 heteroatoms. The molecule has 0 N–H and O–H groups in total. The van der Waals surface area contributed by atoms with Crippen LogP contribution in [0.15, 0.2) is 29.2 Å². The minimum Gasteiger partial charge on any atom is -0.460 e. The lowest BCUT2D eigenvalue weighted by atomic mass is 10.1. The van der Waals surface area contributed by atoms with Crippen molar-refractivity contribution < 1.29 is 23.1 Å². The van der Waals surface area contributed by atoms with Gasteiger partial charge in [0.2, 0.25) is 0 Å². The van der Waals surface area contributed by atoms with Crippen LogP contribution in [0.2, 0.25) is 0 Å². The number of rotatable bonds is 5. The second-order valence-corrected chi connectivity index (χ2v) is 4.02. The molecule has 0 aliphatic heterocycles. The van der Waals surface area contributed by atoms with Crippen molar-refractivity contribution in [3.63, 3.8) is 0 Å². The Kier molecular flexibility index (Phi) is 5.09. The van der Waals surface area contributed by atoms with Crippen LogP contribution in [0.3, 0.4) is 0 Å². The van der Waals surface area contributed by atoms with Crippen LogP contribution >= 0.6 is 11.8 Å². The number of ether oxygens (including phenoxy) is 1. The first kappa shape index (κ1) is 13.6. The van der Waals surface area contributed by atoms with Crippen molar-refractivity contribution in [2.75, 3.05) is 6.61 Å². The Bertz CT molecular complexity index is 404. The number of Topliss-reactive ketones (excluding diaryl/α,β-unsaturated/α-hetero) is 1. The number of esters is 1. The number of ketones is 1. The maximum Gasteiger partial charge on any atom is 0.379 e. The van der Waals surface area contributed by atoms with Gasteiger partial charge >= 0.3 is 5.97 Å². The Morgan fingerprint density at radius 2 is 1.88 bits per heavy atom. The molecule has 92 valence electrons. The van der Waals surface area contributed by atoms with Crippen LogP contribution in [-0.4, -0.2) is 24.1 Å². The molecular weight excluding hydrogens is 250 g/mol. The average Bonchev–Trinajstić information content (AvgIpc) is 2.28. The molecule has 0 aliphatic carbocycles. The van der Waals surface area contributed by atoms with Crippen LogP contribution in [0.4, 0.5) is 8.78 Å². The van der Waals surface area contributed by atoms with Crippen molar-refractivity contribution in [3.05, 3.63) is 29.8 Å². The Morgan fingerprint density at radius 3 is 2.35 bits per heavy atom. The zero-order chi connectivity index (χ0) is 12.8. The molecule has 0 spiro atoms. The molecule has 1 aromatic carbocycles. The van der Waals surface area contributed by atoms with E-state index in [1.807, 2.05) is 0 Å². The Labute approximate surface area is 101 Å². The van der Waals surface area contributed by atoms with Gasteiger partial charge in [-0.3, -0.25) is 4.79 Å². The summed E-state index contributed by atoms with van der Waals surface area (Å²) < 4.78 is 28.6. The maximum atomic E-state index is 12.0. The van der Waals surface area contributed by atoms with Crippen molar-refractivity contribution in [2.24, 2.45) is 0 Å². The van der Waals surface area contributed by atoms with Gasteiger partial charge in [0.25, 0.3) is 11.5 Å². The van der Waals surface area contributed by atoms with Gasteiger partial charge in [-0.05, 0) is 31.2 Å². The molecule has 0 saturated heterocycles. The quantitative estimate of drug-likeness (QED) is 0.353. The van der Waals surface area contributed by atoms with Crippen LogP contribution in [0.5, 0.6) is 0 Å². The third-order valence-electron chi connectivity index (χ3n) is 1.80. The first-order valence-corrected chi connectivity index (χ1v) is 5.69. The predicted octanol–water partition coefficient (Wildman–Crippen LogP) is 2.75. The molecule has 0 saturated carbocycles. The summed E-state index contributed by atoms with van der Waals surface area (Å²) >= 11 is 0.377. The molecule has 17 heavy (non-hydrogen) atoms. The molecule has 0 unspecified atom stereocenters. The van der Waals surface area contributed by atoms with Gasteiger partial charge in [0.15, 0.2) is 0 Å². The van der Waals surface area contributed by atoms with E-state index in [0.717, 1.165) is 0 Å². The second kappa shape index (κ2) is 6.34. The summed E-state index contributed by atoms with van der Waals surface area (Å²) in [6.45, 7) is 1.71. The third-order valence-corrected chi connectivity index (χ3v) is 2.53. The fraction of sp³-hybridized carbons (Fsp3) is 0.273. The summed E-state index contributed by atoms with van der Waals surface area (Å²) in [6, 6.07) is 5.38. The summed E-state index contributed by atoms with van der Waals surface area (Å²) in [7, 11) is 0. The van der Waals surface area contributed by atoms with E-state index in [-0.39, 0.29) is 12.2 Å². The summed E-state index contributed by atoms with van der Waals surface area (Å²) in [6.07, 6.45) is 0. The highest BCUT2D eigenvalue weighted by Gasteiger charge is 2.17. The van der Waals surface area contributed by atoms with Crippen LogP contribution in [0.25, 0.3) is 0 Å². The van der Waals surface area contributed by atoms with E-state index in [2.05, 4.69) is 4.74 Å². The van der Waals surface area contributed by atoms with Crippen LogP contribution in [-0.2, 0) is 9.53 Å². The molecule has 0 radical (unpaired) electrons. The van der Waals surface area contributed by atoms with E-state index in [9.17, 15) is 18.4 Å². The molecule has 1 rings (SSSR count). The van der Waals surface area contributed by atoms with Gasteiger partial charge < -0.3 is 4.74 Å². The standard InChI is InChI=1S/C11H10F2O3S/c1-2-16-10(15)9(14)7-3-5-8(6-4-7)17-11(12)13/h3-6,11H,2H2,1H3. The molecular formula is C11H10F2O3S. The molecule has 0 fully saturated rings. The maximum absolute atomic E-state index is 12.0. The highest BCUT2D eigenvalue weighted by molar-refractivity contribution is 7.99. The SMILES string of the molecule is CCOC(=O)C(=O)c1ccc(SC(F)F)cc1. The Hall–Kier alpha value is -1.43. The zero-order valence-electron chi connectivity index (χ0n) is 8.98. The minimum atomic E-state index is -2.51. The number of carbonyl (C=O) groups is 2. The molecule has 0 aromatic heterocycles. The molecule has 0 aliphatic rings. The number of halogens is 2. The van der Waals surface area contributed by atoms with Gasteiger partial charge in [0.05, 0.1) is 6.61 Å². The lowest BCUT2D eigenvalue weighted by Gasteiger charge is -2.03. The Morgan fingerprint density at radius 1 is 1.29 bits per heavy atom. The first-order valence-electron chi connectivity index (χ1n) is 4.81. The smallest absolute Gasteiger partial charge is 0.379 e. The van der Waals surface area contributed by atoms with Gasteiger partial charge in [-0.15, -0.1) is 0 Å². The number of hydrogen-bond donors (Lipinski definition) is 0. The van der Waals surface area contributed by atoms with E-state index in [0.29, 0.717) is 16.7 Å². The highest BCUT2D eigenvalue weighted by Crippen LogP contribution is 2.25. The van der Waals surface area contributed by atoms with Gasteiger partial charge in [-0.1, -0.05) is 11.8 Å². The largest absolute Gasteiger partial charge is 0.460 e. The molecule has 3 nitrogen and oxygen atoms in total. The van der Waals surface area contributed by atoms with Crippen molar-refractivity contribution in [1.82, 2.24) is 0 Å². The van der Waals surface area contributed by atoms with Gasteiger partial charge in [-0.2, -0.15) is 8.78 Å². The van der Waals surface area contributed by atoms with Gasteiger partial charge in [-0.25, -0.2) is 4.79 Å². The topological polar surface area (TPSA) is 43.4 Å². The van der Waals surface area contributed by atoms with E-state index < -0.39 is 17.5 Å². The van der Waals surface area contributed by atoms with Crippen molar-refractivity contribution >= 4 is 23.5 Å². The van der Waals surface area contributed by atoms with Crippen molar-refractivity contribution in [1.29, 1.82) is 0 Å². The van der Waals surface area contributed by atoms with E-state index in [1.165, 1.54) is 24.3 Å². The Balaban J connectivity index is 2.73. The summed E-state index contributed by atoms with van der Waals surface area (Å²) in [5.41, 5.74) is 0.127. The number of benzene rings is 1. The molecule has 0 heterocycles. The van der Waals surface area contributed by atoms with Gasteiger partial charge in [0, 0.05) is 10.5 Å². The monoisotopic (exact) mass is 260 g/mol.